The topological polar surface area (TPSA) is 107 Å². The van der Waals surface area contributed by atoms with E-state index < -0.39 is 18.0 Å². The van der Waals surface area contributed by atoms with Gasteiger partial charge in [-0.2, -0.15) is 4.73 Å². The molecule has 1 atom stereocenters. The number of carbonyl (C=O) groups is 3. The number of anilines is 2. The molecule has 0 aliphatic carbocycles. The van der Waals surface area contributed by atoms with E-state index in [1.54, 1.807) is 23.1 Å². The second kappa shape index (κ2) is 9.67. The van der Waals surface area contributed by atoms with Crippen LogP contribution < -0.4 is 15.1 Å². The summed E-state index contributed by atoms with van der Waals surface area (Å²) in [5, 5.41) is 12.6. The van der Waals surface area contributed by atoms with Crippen molar-refractivity contribution in [1.29, 1.82) is 0 Å². The maximum Gasteiger partial charge on any atom is 0.414 e. The zero-order chi connectivity index (χ0) is 24.4. The van der Waals surface area contributed by atoms with E-state index in [1.165, 1.54) is 30.0 Å². The van der Waals surface area contributed by atoms with Gasteiger partial charge in [0.05, 0.1) is 24.5 Å². The lowest BCUT2D eigenvalue weighted by molar-refractivity contribution is -0.119. The standard InChI is InChI=1S/C22H24FN5O5S/c1-14(29)24-12-16-13-27(22(31)33-16)15-5-6-18(17(23)11-15)25-7-9-26(10-8-25)21(30)19-3-2-4-20(34)28(19)32/h2-6,11,16,32H,7-10,12-13H2,1H3,(H,24,29)/t16-/m0/s1. The molecular formula is C22H24FN5O5S. The van der Waals surface area contributed by atoms with Gasteiger partial charge in [0.1, 0.15) is 22.3 Å². The van der Waals surface area contributed by atoms with E-state index in [1.807, 2.05) is 4.90 Å². The number of aromatic nitrogens is 1. The summed E-state index contributed by atoms with van der Waals surface area (Å²) in [5.41, 5.74) is 0.801. The average Bonchev–Trinajstić information content (AvgIpc) is 3.19. The SMILES string of the molecule is CC(=O)NC[C@H]1CN(c2ccc(N3CCN(C(=O)c4cccc(=S)n4O)CC3)c(F)c2)C(=O)O1. The molecule has 0 bridgehead atoms. The molecule has 2 N–H and O–H groups in total. The molecule has 2 fully saturated rings. The summed E-state index contributed by atoms with van der Waals surface area (Å²) in [4.78, 5) is 40.7. The molecule has 0 unspecified atom stereocenters. The number of benzene rings is 1. The lowest BCUT2D eigenvalue weighted by Gasteiger charge is -2.36. The molecule has 1 aromatic carbocycles. The van der Waals surface area contributed by atoms with E-state index in [-0.39, 0.29) is 35.2 Å². The largest absolute Gasteiger partial charge is 0.442 e. The van der Waals surface area contributed by atoms with Gasteiger partial charge in [0.25, 0.3) is 5.91 Å². The molecule has 2 saturated heterocycles. The van der Waals surface area contributed by atoms with E-state index in [2.05, 4.69) is 5.32 Å². The summed E-state index contributed by atoms with van der Waals surface area (Å²) >= 11 is 4.99. The Bertz CT molecular complexity index is 1180. The number of hydrogen-bond donors (Lipinski definition) is 2. The number of amides is 3. The van der Waals surface area contributed by atoms with Crippen molar-refractivity contribution in [3.05, 3.63) is 52.5 Å². The quantitative estimate of drug-likeness (QED) is 0.489. The zero-order valence-electron chi connectivity index (χ0n) is 18.4. The predicted octanol–water partition coefficient (Wildman–Crippen LogP) is 2.02. The second-order valence-corrected chi connectivity index (χ2v) is 8.45. The first-order valence-electron chi connectivity index (χ1n) is 10.7. The molecule has 0 radical (unpaired) electrons. The van der Waals surface area contributed by atoms with Crippen molar-refractivity contribution in [2.75, 3.05) is 49.1 Å². The maximum atomic E-state index is 15.0. The van der Waals surface area contributed by atoms with E-state index in [4.69, 9.17) is 17.0 Å². The van der Waals surface area contributed by atoms with Gasteiger partial charge >= 0.3 is 6.09 Å². The highest BCUT2D eigenvalue weighted by Crippen LogP contribution is 2.28. The Morgan fingerprint density at radius 3 is 2.62 bits per heavy atom. The number of nitrogens with one attached hydrogen (secondary N) is 1. The Labute approximate surface area is 200 Å². The van der Waals surface area contributed by atoms with Crippen molar-refractivity contribution in [2.45, 2.75) is 13.0 Å². The molecule has 0 saturated carbocycles. The third-order valence-corrected chi connectivity index (χ3v) is 6.06. The second-order valence-electron chi connectivity index (χ2n) is 8.03. The Balaban J connectivity index is 1.39. The fraction of sp³-hybridized carbons (Fsp3) is 0.364. The molecule has 3 heterocycles. The highest BCUT2D eigenvalue weighted by molar-refractivity contribution is 7.71. The fourth-order valence-corrected chi connectivity index (χ4v) is 4.15. The van der Waals surface area contributed by atoms with Crippen LogP contribution in [0.15, 0.2) is 36.4 Å². The molecule has 2 aliphatic heterocycles. The van der Waals surface area contributed by atoms with Gasteiger partial charge in [-0.25, -0.2) is 9.18 Å². The van der Waals surface area contributed by atoms with Crippen LogP contribution in [0, 0.1) is 10.5 Å². The normalized spacial score (nSPS) is 18.1. The summed E-state index contributed by atoms with van der Waals surface area (Å²) in [6.07, 6.45) is -1.11. The minimum Gasteiger partial charge on any atom is -0.442 e. The van der Waals surface area contributed by atoms with Gasteiger partial charge < -0.3 is 25.1 Å². The maximum absolute atomic E-state index is 15.0. The molecule has 1 aromatic heterocycles. The monoisotopic (exact) mass is 489 g/mol. The smallest absolute Gasteiger partial charge is 0.414 e. The van der Waals surface area contributed by atoms with Crippen LogP contribution in [0.1, 0.15) is 17.4 Å². The third kappa shape index (κ3) is 4.81. The summed E-state index contributed by atoms with van der Waals surface area (Å²) in [6.45, 7) is 3.23. The van der Waals surface area contributed by atoms with E-state index in [0.717, 1.165) is 0 Å². The lowest BCUT2D eigenvalue weighted by atomic mass is 10.2. The van der Waals surface area contributed by atoms with Gasteiger partial charge in [0.15, 0.2) is 0 Å². The predicted molar refractivity (Wildman–Crippen MR) is 123 cm³/mol. The van der Waals surface area contributed by atoms with Crippen LogP contribution in [-0.2, 0) is 9.53 Å². The van der Waals surface area contributed by atoms with Gasteiger partial charge in [-0.15, -0.1) is 0 Å². The fourth-order valence-electron chi connectivity index (χ4n) is 3.97. The summed E-state index contributed by atoms with van der Waals surface area (Å²) < 4.78 is 21.0. The molecule has 2 aliphatic rings. The number of ether oxygens (including phenoxy) is 1. The highest BCUT2D eigenvalue weighted by atomic mass is 32.1. The molecule has 0 spiro atoms. The van der Waals surface area contributed by atoms with Crippen molar-refractivity contribution in [2.24, 2.45) is 0 Å². The van der Waals surface area contributed by atoms with E-state index in [0.29, 0.717) is 42.3 Å². The minimum atomic E-state index is -0.598. The number of piperazine rings is 1. The number of cyclic esters (lactones) is 1. The number of hydrogen-bond acceptors (Lipinski definition) is 7. The number of rotatable bonds is 5. The van der Waals surface area contributed by atoms with Crippen LogP contribution in [0.3, 0.4) is 0 Å². The lowest BCUT2D eigenvalue weighted by Crippen LogP contribution is -2.49. The first-order valence-corrected chi connectivity index (χ1v) is 11.1. The summed E-state index contributed by atoms with van der Waals surface area (Å²) in [7, 11) is 0. The molecule has 4 rings (SSSR count). The molecule has 2 aromatic rings. The molecule has 34 heavy (non-hydrogen) atoms. The Morgan fingerprint density at radius 1 is 1.21 bits per heavy atom. The van der Waals surface area contributed by atoms with Crippen LogP contribution >= 0.6 is 12.2 Å². The van der Waals surface area contributed by atoms with E-state index in [9.17, 15) is 24.0 Å². The highest BCUT2D eigenvalue weighted by Gasteiger charge is 2.33. The first-order chi connectivity index (χ1) is 16.2. The molecule has 10 nitrogen and oxygen atoms in total. The zero-order valence-corrected chi connectivity index (χ0v) is 19.3. The minimum absolute atomic E-state index is 0.0748. The van der Waals surface area contributed by atoms with Gasteiger partial charge in [0.2, 0.25) is 5.91 Å². The molecule has 3 amide bonds. The van der Waals surface area contributed by atoms with Gasteiger partial charge in [-0.05, 0) is 30.3 Å². The number of halogens is 1. The van der Waals surface area contributed by atoms with Crippen molar-refractivity contribution in [1.82, 2.24) is 14.9 Å². The Morgan fingerprint density at radius 2 is 1.94 bits per heavy atom. The van der Waals surface area contributed by atoms with Crippen molar-refractivity contribution in [3.8, 4) is 0 Å². The van der Waals surface area contributed by atoms with Crippen LogP contribution in [-0.4, -0.2) is 78.1 Å². The van der Waals surface area contributed by atoms with Gasteiger partial charge in [0, 0.05) is 33.1 Å². The van der Waals surface area contributed by atoms with Gasteiger partial charge in [-0.1, -0.05) is 18.3 Å². The van der Waals surface area contributed by atoms with Crippen LogP contribution in [0.2, 0.25) is 0 Å². The molecule has 12 heteroatoms. The van der Waals surface area contributed by atoms with E-state index >= 15 is 0 Å². The number of nitrogens with zero attached hydrogens (tertiary/aromatic N) is 4. The summed E-state index contributed by atoms with van der Waals surface area (Å²) in [5.74, 6) is -1.08. The van der Waals surface area contributed by atoms with Crippen molar-refractivity contribution in [3.63, 3.8) is 0 Å². The van der Waals surface area contributed by atoms with Crippen molar-refractivity contribution < 1.29 is 28.7 Å². The van der Waals surface area contributed by atoms with Crippen LogP contribution in [0.4, 0.5) is 20.6 Å². The third-order valence-electron chi connectivity index (χ3n) is 5.75. The summed E-state index contributed by atoms with van der Waals surface area (Å²) in [6, 6.07) is 9.13. The molecular weight excluding hydrogens is 465 g/mol. The van der Waals surface area contributed by atoms with Crippen LogP contribution in [0.5, 0.6) is 0 Å². The number of pyridine rings is 1. The molecule has 180 valence electrons. The Hall–Kier alpha value is -3.67. The van der Waals surface area contributed by atoms with Crippen molar-refractivity contribution >= 4 is 41.5 Å². The van der Waals surface area contributed by atoms with Crippen LogP contribution in [0.25, 0.3) is 0 Å². The number of carbonyl (C=O) groups excluding carboxylic acids is 3. The first kappa shape index (κ1) is 23.5. The average molecular weight is 490 g/mol. The van der Waals surface area contributed by atoms with Gasteiger partial charge in [-0.3, -0.25) is 14.5 Å². The Kier molecular flexibility index (Phi) is 6.68.